The van der Waals surface area contributed by atoms with Crippen molar-refractivity contribution in [2.45, 2.75) is 17.7 Å². The molecule has 3 rings (SSSR count). The third-order valence-electron chi connectivity index (χ3n) is 4.36. The van der Waals surface area contributed by atoms with Gasteiger partial charge in [-0.3, -0.25) is 14.5 Å². The van der Waals surface area contributed by atoms with E-state index in [1.807, 2.05) is 91.2 Å². The van der Waals surface area contributed by atoms with Gasteiger partial charge >= 0.3 is 0 Å². The van der Waals surface area contributed by atoms with Crippen LogP contribution < -0.4 is 10.3 Å². The van der Waals surface area contributed by atoms with Crippen molar-refractivity contribution in [2.75, 3.05) is 11.2 Å². The second kappa shape index (κ2) is 11.0. The van der Waals surface area contributed by atoms with Crippen molar-refractivity contribution in [3.05, 3.63) is 90.5 Å². The average Bonchev–Trinajstić information content (AvgIpc) is 2.80. The third-order valence-corrected chi connectivity index (χ3v) is 5.11. The first-order valence-electron chi connectivity index (χ1n) is 9.56. The lowest BCUT2D eigenvalue weighted by molar-refractivity contribution is -0.124. The van der Waals surface area contributed by atoms with E-state index in [9.17, 15) is 9.59 Å². The number of carbonyl (C=O) groups is 2. The molecule has 0 aromatic heterocycles. The molecule has 1 N–H and O–H groups in total. The van der Waals surface area contributed by atoms with Gasteiger partial charge in [-0.05, 0) is 48.2 Å². The van der Waals surface area contributed by atoms with E-state index < -0.39 is 0 Å². The minimum absolute atomic E-state index is 0.0533. The Labute approximate surface area is 180 Å². The molecule has 152 valence electrons. The number of amides is 2. The highest BCUT2D eigenvalue weighted by Gasteiger charge is 2.18. The third kappa shape index (κ3) is 6.06. The number of benzene rings is 3. The Morgan fingerprint density at radius 2 is 1.43 bits per heavy atom. The van der Waals surface area contributed by atoms with Gasteiger partial charge in [0.1, 0.15) is 0 Å². The Bertz CT molecular complexity index is 950. The van der Waals surface area contributed by atoms with Gasteiger partial charge in [-0.1, -0.05) is 48.5 Å². The molecule has 0 unspecified atom stereocenters. The highest BCUT2D eigenvalue weighted by atomic mass is 32.2. The monoisotopic (exact) mass is 417 g/mol. The molecule has 0 bridgehead atoms. The number of carbonyl (C=O) groups excluding carboxylic acids is 2. The summed E-state index contributed by atoms with van der Waals surface area (Å²) in [6, 6.07) is 26.7. The molecule has 0 spiro atoms. The van der Waals surface area contributed by atoms with Crippen LogP contribution in [0.5, 0.6) is 0 Å². The Kier molecular flexibility index (Phi) is 7.80. The number of hydrogen-bond acceptors (Lipinski definition) is 4. The molecule has 30 heavy (non-hydrogen) atoms. The van der Waals surface area contributed by atoms with Crippen molar-refractivity contribution >= 4 is 41.2 Å². The molecule has 0 saturated carbocycles. The number of thioether (sulfide) groups is 1. The minimum Gasteiger partial charge on any atom is -0.281 e. The van der Waals surface area contributed by atoms with Crippen molar-refractivity contribution in [3.63, 3.8) is 0 Å². The highest BCUT2D eigenvalue weighted by Crippen LogP contribution is 2.26. The standard InChI is InChI=1S/C24H23N3O2S/c1-30-22-14-12-19(13-15-22)18-25-26-23(28)16-17-24(29)27(20-8-4-2-5-9-20)21-10-6-3-7-11-21/h2-15,18H,16-17H2,1H3,(H,26,28). The van der Waals surface area contributed by atoms with E-state index in [2.05, 4.69) is 10.5 Å². The first-order valence-corrected chi connectivity index (χ1v) is 10.8. The van der Waals surface area contributed by atoms with E-state index in [0.29, 0.717) is 0 Å². The van der Waals surface area contributed by atoms with E-state index >= 15 is 0 Å². The molecule has 0 saturated heterocycles. The molecule has 2 amide bonds. The predicted molar refractivity (Wildman–Crippen MR) is 123 cm³/mol. The number of nitrogens with one attached hydrogen (secondary N) is 1. The summed E-state index contributed by atoms with van der Waals surface area (Å²) < 4.78 is 0. The van der Waals surface area contributed by atoms with Gasteiger partial charge in [0, 0.05) is 29.1 Å². The quantitative estimate of drug-likeness (QED) is 0.319. The summed E-state index contributed by atoms with van der Waals surface area (Å²) in [5, 5.41) is 3.98. The molecular weight excluding hydrogens is 394 g/mol. The first-order chi connectivity index (χ1) is 14.7. The molecule has 0 aliphatic carbocycles. The van der Waals surface area contributed by atoms with Crippen LogP contribution in [0.15, 0.2) is 94.9 Å². The minimum atomic E-state index is -0.304. The zero-order valence-corrected chi connectivity index (χ0v) is 17.5. The van der Waals surface area contributed by atoms with Crippen LogP contribution >= 0.6 is 11.8 Å². The summed E-state index contributed by atoms with van der Waals surface area (Å²) in [7, 11) is 0. The number of hydrogen-bond donors (Lipinski definition) is 1. The molecule has 0 fully saturated rings. The number of nitrogens with zero attached hydrogens (tertiary/aromatic N) is 2. The van der Waals surface area contributed by atoms with E-state index in [0.717, 1.165) is 21.8 Å². The van der Waals surface area contributed by atoms with Crippen LogP contribution in [-0.2, 0) is 9.59 Å². The molecule has 0 radical (unpaired) electrons. The highest BCUT2D eigenvalue weighted by molar-refractivity contribution is 7.98. The zero-order chi connectivity index (χ0) is 21.2. The number of anilines is 2. The van der Waals surface area contributed by atoms with Crippen molar-refractivity contribution in [2.24, 2.45) is 5.10 Å². The zero-order valence-electron chi connectivity index (χ0n) is 16.7. The fourth-order valence-electron chi connectivity index (χ4n) is 2.85. The molecule has 3 aromatic rings. The van der Waals surface area contributed by atoms with Crippen LogP contribution in [0.2, 0.25) is 0 Å². The van der Waals surface area contributed by atoms with Crippen LogP contribution in [0.4, 0.5) is 11.4 Å². The predicted octanol–water partition coefficient (Wildman–Crippen LogP) is 5.00. The summed E-state index contributed by atoms with van der Waals surface area (Å²) >= 11 is 1.66. The average molecular weight is 418 g/mol. The van der Waals surface area contributed by atoms with Crippen molar-refractivity contribution < 1.29 is 9.59 Å². The van der Waals surface area contributed by atoms with Crippen molar-refractivity contribution in [1.29, 1.82) is 0 Å². The van der Waals surface area contributed by atoms with Crippen LogP contribution in [0.25, 0.3) is 0 Å². The molecule has 5 nitrogen and oxygen atoms in total. The van der Waals surface area contributed by atoms with Gasteiger partial charge in [-0.15, -0.1) is 11.8 Å². The van der Waals surface area contributed by atoms with Gasteiger partial charge in [-0.2, -0.15) is 5.10 Å². The maximum atomic E-state index is 12.9. The molecule has 6 heteroatoms. The Balaban J connectivity index is 1.58. The maximum Gasteiger partial charge on any atom is 0.240 e. The number of hydrazone groups is 1. The first kappa shape index (κ1) is 21.3. The lowest BCUT2D eigenvalue weighted by atomic mass is 10.2. The van der Waals surface area contributed by atoms with E-state index in [4.69, 9.17) is 0 Å². The second-order valence-corrected chi connectivity index (χ2v) is 7.35. The largest absolute Gasteiger partial charge is 0.281 e. The molecular formula is C24H23N3O2S. The van der Waals surface area contributed by atoms with Gasteiger partial charge in [0.05, 0.1) is 6.21 Å². The normalized spacial score (nSPS) is 10.7. The maximum absolute atomic E-state index is 12.9. The van der Waals surface area contributed by atoms with Gasteiger partial charge in [0.15, 0.2) is 0 Å². The van der Waals surface area contributed by atoms with Crippen molar-refractivity contribution in [1.82, 2.24) is 5.43 Å². The fourth-order valence-corrected chi connectivity index (χ4v) is 3.26. The van der Waals surface area contributed by atoms with Crippen LogP contribution in [0.3, 0.4) is 0 Å². The summed E-state index contributed by atoms with van der Waals surface area (Å²) in [6.07, 6.45) is 3.73. The Morgan fingerprint density at radius 3 is 1.97 bits per heavy atom. The van der Waals surface area contributed by atoms with E-state index in [-0.39, 0.29) is 24.7 Å². The van der Waals surface area contributed by atoms with Gasteiger partial charge in [0.2, 0.25) is 11.8 Å². The Hall–Kier alpha value is -3.38. The molecule has 3 aromatic carbocycles. The fraction of sp³-hybridized carbons (Fsp3) is 0.125. The number of para-hydroxylation sites is 2. The topological polar surface area (TPSA) is 61.8 Å². The van der Waals surface area contributed by atoms with E-state index in [1.54, 1.807) is 22.9 Å². The Morgan fingerprint density at radius 1 is 0.867 bits per heavy atom. The van der Waals surface area contributed by atoms with Crippen LogP contribution in [0, 0.1) is 0 Å². The lowest BCUT2D eigenvalue weighted by Gasteiger charge is -2.23. The molecule has 0 atom stereocenters. The summed E-state index contributed by atoms with van der Waals surface area (Å²) in [5.74, 6) is -0.458. The summed E-state index contributed by atoms with van der Waals surface area (Å²) in [6.45, 7) is 0. The van der Waals surface area contributed by atoms with Crippen molar-refractivity contribution in [3.8, 4) is 0 Å². The smallest absolute Gasteiger partial charge is 0.240 e. The summed E-state index contributed by atoms with van der Waals surface area (Å²) in [4.78, 5) is 27.8. The van der Waals surface area contributed by atoms with Crippen LogP contribution in [0.1, 0.15) is 18.4 Å². The summed E-state index contributed by atoms with van der Waals surface area (Å²) in [5.41, 5.74) is 4.91. The van der Waals surface area contributed by atoms with Gasteiger partial charge in [0.25, 0.3) is 0 Å². The van der Waals surface area contributed by atoms with Gasteiger partial charge in [-0.25, -0.2) is 5.43 Å². The molecule has 0 aliphatic rings. The number of rotatable bonds is 8. The molecule has 0 heterocycles. The SMILES string of the molecule is CSc1ccc(C=NNC(=O)CCC(=O)N(c2ccccc2)c2ccccc2)cc1. The van der Waals surface area contributed by atoms with E-state index in [1.165, 1.54) is 0 Å². The van der Waals surface area contributed by atoms with Gasteiger partial charge < -0.3 is 0 Å². The lowest BCUT2D eigenvalue weighted by Crippen LogP contribution is -2.27. The van der Waals surface area contributed by atoms with Crippen LogP contribution in [-0.4, -0.2) is 24.3 Å². The second-order valence-electron chi connectivity index (χ2n) is 6.47. The molecule has 0 aliphatic heterocycles.